The van der Waals surface area contributed by atoms with Crippen molar-refractivity contribution in [2.24, 2.45) is 0 Å². The van der Waals surface area contributed by atoms with Gasteiger partial charge in [0.25, 0.3) is 0 Å². The second kappa shape index (κ2) is 3.00. The molecule has 2 rings (SSSR count). The lowest BCUT2D eigenvalue weighted by Gasteiger charge is -2.39. The van der Waals surface area contributed by atoms with E-state index in [0.717, 1.165) is 24.5 Å². The Bertz CT molecular complexity index is 290. The summed E-state index contributed by atoms with van der Waals surface area (Å²) in [5, 5.41) is 3.19. The Hall–Kier alpha value is -1.09. The van der Waals surface area contributed by atoms with Crippen LogP contribution in [0.3, 0.4) is 0 Å². The zero-order valence-electron chi connectivity index (χ0n) is 8.00. The molecule has 0 aliphatic carbocycles. The zero-order valence-corrected chi connectivity index (χ0v) is 8.00. The maximum absolute atomic E-state index is 5.77. The minimum atomic E-state index is -0.0308. The predicted octanol–water partition coefficient (Wildman–Crippen LogP) is 1.13. The maximum Gasteiger partial charge on any atom is 0.138 e. The van der Waals surface area contributed by atoms with E-state index < -0.39 is 0 Å². The van der Waals surface area contributed by atoms with E-state index in [0.29, 0.717) is 0 Å². The maximum atomic E-state index is 5.77. The zero-order chi connectivity index (χ0) is 9.31. The van der Waals surface area contributed by atoms with Gasteiger partial charge in [0.2, 0.25) is 0 Å². The van der Waals surface area contributed by atoms with Gasteiger partial charge in [0.05, 0.1) is 6.20 Å². The minimum Gasteiger partial charge on any atom is -0.483 e. The van der Waals surface area contributed by atoms with Gasteiger partial charge >= 0.3 is 0 Å². The summed E-state index contributed by atoms with van der Waals surface area (Å²) in [6, 6.07) is 3.93. The first-order valence-corrected chi connectivity index (χ1v) is 4.50. The van der Waals surface area contributed by atoms with Crippen molar-refractivity contribution in [3.05, 3.63) is 24.0 Å². The third-order valence-electron chi connectivity index (χ3n) is 2.25. The van der Waals surface area contributed by atoms with Gasteiger partial charge in [-0.15, -0.1) is 0 Å². The van der Waals surface area contributed by atoms with Crippen molar-refractivity contribution in [1.82, 2.24) is 10.3 Å². The van der Waals surface area contributed by atoms with E-state index in [-0.39, 0.29) is 5.60 Å². The van der Waals surface area contributed by atoms with Gasteiger partial charge in [-0.25, -0.2) is 0 Å². The van der Waals surface area contributed by atoms with Crippen LogP contribution >= 0.6 is 0 Å². The Morgan fingerprint density at radius 2 is 2.23 bits per heavy atom. The van der Waals surface area contributed by atoms with Crippen LogP contribution in [0.1, 0.15) is 12.6 Å². The standard InChI is InChI=1S/C10H14N2O/c1-8-3-4-9(5-12-8)13-10(2)6-11-7-10/h3-5,11H,6-7H2,1-2H3. The summed E-state index contributed by atoms with van der Waals surface area (Å²) in [6.07, 6.45) is 1.78. The molecule has 1 aromatic rings. The number of pyridine rings is 1. The number of ether oxygens (including phenoxy) is 1. The lowest BCUT2D eigenvalue weighted by atomic mass is 10.0. The Kier molecular flexibility index (Phi) is 1.96. The smallest absolute Gasteiger partial charge is 0.138 e. The van der Waals surface area contributed by atoms with Crippen LogP contribution in [-0.4, -0.2) is 23.7 Å². The molecular weight excluding hydrogens is 164 g/mol. The third kappa shape index (κ3) is 1.80. The predicted molar refractivity (Wildman–Crippen MR) is 50.9 cm³/mol. The first kappa shape index (κ1) is 8.51. The number of rotatable bonds is 2. The summed E-state index contributed by atoms with van der Waals surface area (Å²) in [5.41, 5.74) is 0.987. The molecule has 13 heavy (non-hydrogen) atoms. The van der Waals surface area contributed by atoms with Gasteiger partial charge < -0.3 is 10.1 Å². The Labute approximate surface area is 78.1 Å². The van der Waals surface area contributed by atoms with Crippen molar-refractivity contribution in [2.45, 2.75) is 19.4 Å². The van der Waals surface area contributed by atoms with Crippen LogP contribution in [0, 0.1) is 6.92 Å². The Morgan fingerprint density at radius 1 is 1.46 bits per heavy atom. The van der Waals surface area contributed by atoms with Gasteiger partial charge in [0, 0.05) is 18.8 Å². The van der Waals surface area contributed by atoms with E-state index in [1.165, 1.54) is 0 Å². The number of hydrogen-bond acceptors (Lipinski definition) is 3. The topological polar surface area (TPSA) is 34.1 Å². The highest BCUT2D eigenvalue weighted by atomic mass is 16.5. The molecule has 0 radical (unpaired) electrons. The number of aromatic nitrogens is 1. The van der Waals surface area contributed by atoms with Gasteiger partial charge in [-0.05, 0) is 26.0 Å². The van der Waals surface area contributed by atoms with Gasteiger partial charge in [-0.1, -0.05) is 0 Å². The molecule has 0 amide bonds. The summed E-state index contributed by atoms with van der Waals surface area (Å²) < 4.78 is 5.77. The van der Waals surface area contributed by atoms with Gasteiger partial charge in [-0.3, -0.25) is 4.98 Å². The van der Waals surface area contributed by atoms with Crippen molar-refractivity contribution in [2.75, 3.05) is 13.1 Å². The van der Waals surface area contributed by atoms with Gasteiger partial charge in [0.15, 0.2) is 0 Å². The average Bonchev–Trinajstić information content (AvgIpc) is 2.06. The number of nitrogens with one attached hydrogen (secondary N) is 1. The molecule has 3 heteroatoms. The second-order valence-electron chi connectivity index (χ2n) is 3.79. The molecular formula is C10H14N2O. The van der Waals surface area contributed by atoms with Crippen molar-refractivity contribution >= 4 is 0 Å². The van der Waals surface area contributed by atoms with Crippen molar-refractivity contribution < 1.29 is 4.74 Å². The molecule has 0 atom stereocenters. The van der Waals surface area contributed by atoms with E-state index in [4.69, 9.17) is 4.74 Å². The van der Waals surface area contributed by atoms with Crippen LogP contribution in [0.2, 0.25) is 0 Å². The second-order valence-corrected chi connectivity index (χ2v) is 3.79. The molecule has 0 aromatic carbocycles. The number of aryl methyl sites for hydroxylation is 1. The van der Waals surface area contributed by atoms with Crippen molar-refractivity contribution in [3.8, 4) is 5.75 Å². The molecule has 1 aromatic heterocycles. The van der Waals surface area contributed by atoms with Crippen LogP contribution < -0.4 is 10.1 Å². The quantitative estimate of drug-likeness (QED) is 0.737. The highest BCUT2D eigenvalue weighted by Gasteiger charge is 2.33. The summed E-state index contributed by atoms with van der Waals surface area (Å²) in [7, 11) is 0. The van der Waals surface area contributed by atoms with Crippen molar-refractivity contribution in [3.63, 3.8) is 0 Å². The fourth-order valence-electron chi connectivity index (χ4n) is 1.35. The molecule has 1 aliphatic rings. The molecule has 1 N–H and O–H groups in total. The summed E-state index contributed by atoms with van der Waals surface area (Å²) >= 11 is 0. The van der Waals surface area contributed by atoms with Crippen LogP contribution in [0.5, 0.6) is 5.75 Å². The van der Waals surface area contributed by atoms with E-state index in [1.807, 2.05) is 19.1 Å². The SMILES string of the molecule is Cc1ccc(OC2(C)CNC2)cn1. The molecule has 0 spiro atoms. The van der Waals surface area contributed by atoms with E-state index in [9.17, 15) is 0 Å². The van der Waals surface area contributed by atoms with Crippen LogP contribution in [0.15, 0.2) is 18.3 Å². The van der Waals surface area contributed by atoms with E-state index in [1.54, 1.807) is 6.20 Å². The molecule has 2 heterocycles. The van der Waals surface area contributed by atoms with E-state index >= 15 is 0 Å². The average molecular weight is 178 g/mol. The monoisotopic (exact) mass is 178 g/mol. The third-order valence-corrected chi connectivity index (χ3v) is 2.25. The largest absolute Gasteiger partial charge is 0.483 e. The highest BCUT2D eigenvalue weighted by molar-refractivity contribution is 5.20. The number of nitrogens with zero attached hydrogens (tertiary/aromatic N) is 1. The summed E-state index contributed by atoms with van der Waals surface area (Å²) in [5.74, 6) is 0.856. The molecule has 0 unspecified atom stereocenters. The fourth-order valence-corrected chi connectivity index (χ4v) is 1.35. The summed E-state index contributed by atoms with van der Waals surface area (Å²) in [6.45, 7) is 5.90. The van der Waals surface area contributed by atoms with Gasteiger partial charge in [-0.2, -0.15) is 0 Å². The molecule has 3 nitrogen and oxygen atoms in total. The molecule has 0 bridgehead atoms. The van der Waals surface area contributed by atoms with Crippen LogP contribution in [0.4, 0.5) is 0 Å². The molecule has 0 saturated carbocycles. The normalized spacial score (nSPS) is 19.2. The Morgan fingerprint density at radius 3 is 2.69 bits per heavy atom. The molecule has 1 fully saturated rings. The molecule has 1 aliphatic heterocycles. The fraction of sp³-hybridized carbons (Fsp3) is 0.500. The minimum absolute atomic E-state index is 0.0308. The van der Waals surface area contributed by atoms with E-state index in [2.05, 4.69) is 17.2 Å². The first-order chi connectivity index (χ1) is 6.18. The number of hydrogen-bond donors (Lipinski definition) is 1. The first-order valence-electron chi connectivity index (χ1n) is 4.50. The van der Waals surface area contributed by atoms with Crippen molar-refractivity contribution in [1.29, 1.82) is 0 Å². The molecule has 70 valence electrons. The summed E-state index contributed by atoms with van der Waals surface area (Å²) in [4.78, 5) is 4.18. The lowest BCUT2D eigenvalue weighted by molar-refractivity contribution is 0.0345. The molecule has 1 saturated heterocycles. The lowest BCUT2D eigenvalue weighted by Crippen LogP contribution is -2.61. The Balaban J connectivity index is 2.05. The highest BCUT2D eigenvalue weighted by Crippen LogP contribution is 2.20. The van der Waals surface area contributed by atoms with Crippen LogP contribution in [-0.2, 0) is 0 Å². The van der Waals surface area contributed by atoms with Crippen LogP contribution in [0.25, 0.3) is 0 Å². The van der Waals surface area contributed by atoms with Gasteiger partial charge in [0.1, 0.15) is 11.4 Å².